The van der Waals surface area contributed by atoms with Gasteiger partial charge in [0.1, 0.15) is 5.69 Å². The fraction of sp³-hybridized carbons (Fsp3) is 0.667. The lowest BCUT2D eigenvalue weighted by molar-refractivity contribution is 0.0787. The minimum absolute atomic E-state index is 0.0361. The molecule has 0 aromatic carbocycles. The highest BCUT2D eigenvalue weighted by atomic mass is 16.2. The molecule has 0 saturated heterocycles. The number of anilines is 1. The molecule has 1 rings (SSSR count). The van der Waals surface area contributed by atoms with E-state index in [0.29, 0.717) is 11.6 Å². The van der Waals surface area contributed by atoms with E-state index in [1.54, 1.807) is 17.2 Å². The third-order valence-electron chi connectivity index (χ3n) is 3.24. The first-order chi connectivity index (χ1) is 9.60. The summed E-state index contributed by atoms with van der Waals surface area (Å²) in [5.41, 5.74) is 0.469. The average molecular weight is 278 g/mol. The molecule has 0 bridgehead atoms. The highest BCUT2D eigenvalue weighted by Gasteiger charge is 2.14. The number of carbonyl (C=O) groups excluding carboxylic acids is 1. The highest BCUT2D eigenvalue weighted by Crippen LogP contribution is 2.09. The Hall–Kier alpha value is -1.65. The number of hydrogen-bond donors (Lipinski definition) is 0. The molecular weight excluding hydrogens is 252 g/mol. The van der Waals surface area contributed by atoms with Crippen LogP contribution in [0.5, 0.6) is 0 Å². The van der Waals surface area contributed by atoms with Gasteiger partial charge >= 0.3 is 0 Å². The Morgan fingerprint density at radius 3 is 2.45 bits per heavy atom. The van der Waals surface area contributed by atoms with Gasteiger partial charge in [0.05, 0.1) is 0 Å². The van der Waals surface area contributed by atoms with Crippen molar-refractivity contribution in [3.8, 4) is 0 Å². The molecule has 0 fully saturated rings. The highest BCUT2D eigenvalue weighted by molar-refractivity contribution is 5.92. The zero-order valence-electron chi connectivity index (χ0n) is 13.1. The van der Waals surface area contributed by atoms with Gasteiger partial charge in [-0.2, -0.15) is 0 Å². The van der Waals surface area contributed by atoms with E-state index in [4.69, 9.17) is 0 Å². The molecule has 0 saturated carbocycles. The van der Waals surface area contributed by atoms with Gasteiger partial charge in [-0.25, -0.2) is 9.97 Å². The Balaban J connectivity index is 2.73. The summed E-state index contributed by atoms with van der Waals surface area (Å²) < 4.78 is 0. The van der Waals surface area contributed by atoms with Gasteiger partial charge in [-0.15, -0.1) is 0 Å². The summed E-state index contributed by atoms with van der Waals surface area (Å²) in [6.07, 6.45) is 5.96. The van der Waals surface area contributed by atoms with Crippen LogP contribution in [0, 0.1) is 0 Å². The molecule has 1 aromatic heterocycles. The zero-order chi connectivity index (χ0) is 15.0. The number of unbranched alkanes of at least 4 members (excludes halogenated alkanes) is 2. The van der Waals surface area contributed by atoms with Crippen LogP contribution in [0.4, 0.5) is 5.95 Å². The quantitative estimate of drug-likeness (QED) is 0.733. The van der Waals surface area contributed by atoms with Gasteiger partial charge in [0.2, 0.25) is 5.95 Å². The van der Waals surface area contributed by atoms with Crippen molar-refractivity contribution in [2.45, 2.75) is 39.5 Å². The smallest absolute Gasteiger partial charge is 0.272 e. The molecule has 0 spiro atoms. The van der Waals surface area contributed by atoms with Crippen molar-refractivity contribution in [2.75, 3.05) is 32.1 Å². The topological polar surface area (TPSA) is 49.3 Å². The molecule has 0 N–H and O–H groups in total. The third kappa shape index (κ3) is 4.79. The Labute approximate surface area is 122 Å². The molecule has 20 heavy (non-hydrogen) atoms. The maximum absolute atomic E-state index is 12.3. The van der Waals surface area contributed by atoms with E-state index in [1.807, 2.05) is 19.0 Å². The van der Waals surface area contributed by atoms with Crippen LogP contribution in [-0.2, 0) is 0 Å². The molecule has 1 aromatic rings. The summed E-state index contributed by atoms with van der Waals surface area (Å²) in [5.74, 6) is 0.583. The fourth-order valence-corrected chi connectivity index (χ4v) is 1.84. The monoisotopic (exact) mass is 278 g/mol. The number of nitrogens with zero attached hydrogens (tertiary/aromatic N) is 4. The van der Waals surface area contributed by atoms with Crippen molar-refractivity contribution < 1.29 is 4.79 Å². The molecule has 1 heterocycles. The SMILES string of the molecule is CCCCN(C)C(=O)c1ccnc(N(C)CCCC)n1. The summed E-state index contributed by atoms with van der Waals surface area (Å²) >= 11 is 0. The van der Waals surface area contributed by atoms with Crippen molar-refractivity contribution in [2.24, 2.45) is 0 Å². The fourth-order valence-electron chi connectivity index (χ4n) is 1.84. The second-order valence-corrected chi connectivity index (χ2v) is 5.10. The van der Waals surface area contributed by atoms with E-state index in [9.17, 15) is 4.79 Å². The van der Waals surface area contributed by atoms with E-state index in [1.165, 1.54) is 0 Å². The number of rotatable bonds is 8. The molecule has 5 nitrogen and oxygen atoms in total. The summed E-state index contributed by atoms with van der Waals surface area (Å²) in [6.45, 7) is 5.93. The lowest BCUT2D eigenvalue weighted by atomic mass is 10.3. The Kier molecular flexibility index (Phi) is 6.98. The predicted molar refractivity (Wildman–Crippen MR) is 82.1 cm³/mol. The maximum atomic E-state index is 12.3. The Bertz CT molecular complexity index is 422. The third-order valence-corrected chi connectivity index (χ3v) is 3.24. The molecule has 0 aliphatic rings. The Morgan fingerprint density at radius 1 is 1.15 bits per heavy atom. The second-order valence-electron chi connectivity index (χ2n) is 5.10. The lowest BCUT2D eigenvalue weighted by Crippen LogP contribution is -2.29. The van der Waals surface area contributed by atoms with Crippen LogP contribution in [0.15, 0.2) is 12.3 Å². The number of hydrogen-bond acceptors (Lipinski definition) is 4. The minimum Gasteiger partial charge on any atom is -0.344 e. The number of aromatic nitrogens is 2. The van der Waals surface area contributed by atoms with Crippen LogP contribution in [0.2, 0.25) is 0 Å². The number of amides is 1. The predicted octanol–water partition coefficient (Wildman–Crippen LogP) is 2.59. The summed E-state index contributed by atoms with van der Waals surface area (Å²) in [7, 11) is 3.78. The van der Waals surface area contributed by atoms with Crippen LogP contribution in [0.25, 0.3) is 0 Å². The molecule has 5 heteroatoms. The molecule has 0 aliphatic heterocycles. The molecule has 0 atom stereocenters. The second kappa shape index (κ2) is 8.51. The summed E-state index contributed by atoms with van der Waals surface area (Å²) in [6, 6.07) is 1.68. The minimum atomic E-state index is -0.0361. The Morgan fingerprint density at radius 2 is 1.80 bits per heavy atom. The van der Waals surface area contributed by atoms with Crippen LogP contribution >= 0.6 is 0 Å². The molecule has 0 radical (unpaired) electrons. The molecule has 1 amide bonds. The van der Waals surface area contributed by atoms with E-state index in [2.05, 4.69) is 23.8 Å². The first kappa shape index (κ1) is 16.4. The summed E-state index contributed by atoms with van der Waals surface area (Å²) in [5, 5.41) is 0. The summed E-state index contributed by atoms with van der Waals surface area (Å²) in [4.78, 5) is 24.6. The average Bonchev–Trinajstić information content (AvgIpc) is 2.49. The standard InChI is InChI=1S/C15H26N4O/c1-5-7-11-18(3)14(20)13-9-10-16-15(17-13)19(4)12-8-6-2/h9-10H,5-8,11-12H2,1-4H3. The largest absolute Gasteiger partial charge is 0.344 e. The van der Waals surface area contributed by atoms with Crippen molar-refractivity contribution in [3.63, 3.8) is 0 Å². The molecule has 0 unspecified atom stereocenters. The lowest BCUT2D eigenvalue weighted by Gasteiger charge is -2.19. The first-order valence-electron chi connectivity index (χ1n) is 7.39. The van der Waals surface area contributed by atoms with Gasteiger partial charge in [0.15, 0.2) is 0 Å². The van der Waals surface area contributed by atoms with Gasteiger partial charge in [0.25, 0.3) is 5.91 Å². The van der Waals surface area contributed by atoms with Crippen molar-refractivity contribution in [3.05, 3.63) is 18.0 Å². The maximum Gasteiger partial charge on any atom is 0.272 e. The van der Waals surface area contributed by atoms with E-state index in [-0.39, 0.29) is 5.91 Å². The van der Waals surface area contributed by atoms with Gasteiger partial charge < -0.3 is 9.80 Å². The van der Waals surface area contributed by atoms with E-state index >= 15 is 0 Å². The van der Waals surface area contributed by atoms with Crippen molar-refractivity contribution in [1.82, 2.24) is 14.9 Å². The van der Waals surface area contributed by atoms with Crippen LogP contribution in [-0.4, -0.2) is 48.0 Å². The van der Waals surface area contributed by atoms with Crippen molar-refractivity contribution in [1.29, 1.82) is 0 Å². The van der Waals surface area contributed by atoms with Crippen molar-refractivity contribution >= 4 is 11.9 Å². The van der Waals surface area contributed by atoms with Gasteiger partial charge in [-0.05, 0) is 18.9 Å². The molecular formula is C15H26N4O. The number of carbonyl (C=O) groups is 1. The van der Waals surface area contributed by atoms with E-state index < -0.39 is 0 Å². The molecule has 0 aliphatic carbocycles. The van der Waals surface area contributed by atoms with E-state index in [0.717, 1.165) is 38.8 Å². The van der Waals surface area contributed by atoms with Gasteiger partial charge in [-0.1, -0.05) is 26.7 Å². The zero-order valence-corrected chi connectivity index (χ0v) is 13.1. The van der Waals surface area contributed by atoms with Gasteiger partial charge in [-0.3, -0.25) is 4.79 Å². The van der Waals surface area contributed by atoms with Crippen LogP contribution < -0.4 is 4.90 Å². The normalized spacial score (nSPS) is 10.4. The van der Waals surface area contributed by atoms with Gasteiger partial charge in [0, 0.05) is 33.4 Å². The molecule has 112 valence electrons. The van der Waals surface area contributed by atoms with Crippen LogP contribution in [0.3, 0.4) is 0 Å². The first-order valence-corrected chi connectivity index (χ1v) is 7.39. The van der Waals surface area contributed by atoms with Crippen LogP contribution in [0.1, 0.15) is 50.0 Å².